The first-order valence-corrected chi connectivity index (χ1v) is 48.3. The van der Waals surface area contributed by atoms with Crippen molar-refractivity contribution in [2.45, 2.75) is 96.6 Å². The first kappa shape index (κ1) is 93.6. The second-order valence-corrected chi connectivity index (χ2v) is 36.5. The molecule has 28 heteroatoms. The number of methoxy groups -OCH3 is 1. The first-order chi connectivity index (χ1) is 71.3. The molecule has 24 rings (SSSR count). The summed E-state index contributed by atoms with van der Waals surface area (Å²) in [4.78, 5) is 119. The molecule has 16 heterocycles. The van der Waals surface area contributed by atoms with Gasteiger partial charge < -0.3 is 26.1 Å². The van der Waals surface area contributed by atoms with E-state index in [0.29, 0.717) is 63.9 Å². The van der Waals surface area contributed by atoms with Gasteiger partial charge in [0.2, 0.25) is 5.95 Å². The third-order valence-electron chi connectivity index (χ3n) is 26.7. The summed E-state index contributed by atoms with van der Waals surface area (Å²) in [6.07, 6.45) is 28.8. The number of aryl methyl sites for hydroxylation is 2. The van der Waals surface area contributed by atoms with Crippen LogP contribution in [0.15, 0.2) is 373 Å². The van der Waals surface area contributed by atoms with Crippen molar-refractivity contribution in [3.05, 3.63) is 441 Å². The monoisotopic (exact) mass is 1920 g/mol. The molecule has 0 spiro atoms. The van der Waals surface area contributed by atoms with Gasteiger partial charge >= 0.3 is 6.01 Å². The van der Waals surface area contributed by atoms with Crippen molar-refractivity contribution in [2.24, 2.45) is 7.05 Å². The zero-order valence-corrected chi connectivity index (χ0v) is 81.0. The van der Waals surface area contributed by atoms with Crippen LogP contribution in [0.1, 0.15) is 116 Å². The molecule has 4 atom stereocenters. The summed E-state index contributed by atoms with van der Waals surface area (Å²) in [6.45, 7) is 10.3. The number of nitrogens with two attached hydrogens (primary N) is 2. The quantitative estimate of drug-likeness (QED) is 0.0601. The number of anilines is 3. The normalized spacial score (nSPS) is 12.7. The van der Waals surface area contributed by atoms with Gasteiger partial charge in [-0.05, 0) is 211 Å². The van der Waals surface area contributed by atoms with Gasteiger partial charge in [-0.15, -0.1) is 0 Å². The van der Waals surface area contributed by atoms with Gasteiger partial charge in [-0.25, -0.2) is 29.9 Å². The van der Waals surface area contributed by atoms with E-state index in [0.717, 1.165) is 174 Å². The summed E-state index contributed by atoms with van der Waals surface area (Å²) in [5.41, 5.74) is 31.1. The molecule has 1 fully saturated rings. The van der Waals surface area contributed by atoms with E-state index in [4.69, 9.17) is 16.2 Å². The van der Waals surface area contributed by atoms with Crippen molar-refractivity contribution >= 4 is 104 Å². The van der Waals surface area contributed by atoms with Crippen LogP contribution < -0.4 is 43.8 Å². The van der Waals surface area contributed by atoms with E-state index in [-0.39, 0.29) is 64.0 Å². The number of benzene rings is 7. The summed E-state index contributed by atoms with van der Waals surface area (Å²) in [7, 11) is 3.40. The van der Waals surface area contributed by atoms with Gasteiger partial charge in [0.15, 0.2) is 5.82 Å². The van der Waals surface area contributed by atoms with Crippen LogP contribution in [-0.2, 0) is 26.3 Å². The third kappa shape index (κ3) is 19.0. The largest absolute Gasteiger partial charge is 0.467 e. The maximum atomic E-state index is 14.3. The van der Waals surface area contributed by atoms with Gasteiger partial charge in [0.1, 0.15) is 17.2 Å². The lowest BCUT2D eigenvalue weighted by Crippen LogP contribution is -2.26. The molecule has 16 aromatic heterocycles. The van der Waals surface area contributed by atoms with Crippen molar-refractivity contribution in [3.63, 3.8) is 0 Å². The summed E-state index contributed by atoms with van der Waals surface area (Å²) in [6, 6.07) is 87.0. The molecule has 28 nitrogen and oxygen atoms in total. The van der Waals surface area contributed by atoms with Gasteiger partial charge in [-0.1, -0.05) is 166 Å². The third-order valence-corrected chi connectivity index (χ3v) is 26.7. The van der Waals surface area contributed by atoms with Crippen LogP contribution in [0.25, 0.3) is 148 Å². The number of aromatic nitrogens is 20. The van der Waals surface area contributed by atoms with Crippen molar-refractivity contribution < 1.29 is 4.74 Å². The van der Waals surface area contributed by atoms with Crippen molar-refractivity contribution in [2.75, 3.05) is 23.9 Å². The van der Waals surface area contributed by atoms with E-state index >= 15 is 0 Å². The Hall–Kier alpha value is -18.7. The van der Waals surface area contributed by atoms with E-state index in [1.54, 1.807) is 72.7 Å². The fourth-order valence-corrected chi connectivity index (χ4v) is 19.6. The van der Waals surface area contributed by atoms with Crippen molar-refractivity contribution in [1.29, 1.82) is 0 Å². The summed E-state index contributed by atoms with van der Waals surface area (Å²) >= 11 is 0. The molecule has 0 amide bonds. The molecule has 5 N–H and O–H groups in total. The molecule has 1 aliphatic rings. The smallest absolute Gasteiger partial charge is 0.316 e. The minimum absolute atomic E-state index is 0.000686. The van der Waals surface area contributed by atoms with Crippen LogP contribution in [0, 0.1) is 6.92 Å². The number of pyridine rings is 12. The lowest BCUT2D eigenvalue weighted by Gasteiger charge is -2.22. The standard InChI is InChI=1S/C31H25N5O2.2C31H25N5O.C25H24N8O/c1-20(16-26-29-21(13-15-32-26)9-7-14-33-29)27-17-22-8-6-12-25(23-18-34-31(38-2)35-19-23)28(22)30(37)36(27)24-10-4-3-5-11-24;1-20(16-27-30-22(13-15-32-27)9-7-14-33-30)28-17-23-8-6-12-26(24-18-34-21(2)35-19-24)29(23)31(37)36(28)25-10-4-3-5-11-25;1-20(17-26-30-21(14-16-33-26)8-6-15-34-30)27-18-22-7-5-11-25(23-12-13-28(32)35-19-23)29(22)31(37)36(27)24-9-3-2-4-10-24;1-14(29-23-22-19(7-4-10-27-22)30-25(26)31-23)20-11-15-5-3-6-18(16-12-28-32(2)13-16)21(15)24(34)33(20)17-8-9-17/h3-15,17-20H,16H2,1-2H3;3-15,17-20H,16H2,1-2H3;2-16,18-20H,17H2,1H3,(H2,32,35);3-7,10-14,17H,8-9H2,1-2H3,(H3,26,29,30,31)/t3*20-;14-/m1110/s1. The number of nitrogen functional groups attached to an aromatic ring is 2. The summed E-state index contributed by atoms with van der Waals surface area (Å²) < 4.78 is 14.3. The average Bonchev–Trinajstić information content (AvgIpc) is 0.883. The predicted molar refractivity (Wildman–Crippen MR) is 577 cm³/mol. The maximum absolute atomic E-state index is 14.3. The minimum Gasteiger partial charge on any atom is -0.467 e. The highest BCUT2D eigenvalue weighted by molar-refractivity contribution is 6.00. The molecule has 1 saturated carbocycles. The molecule has 0 bridgehead atoms. The number of fused-ring (bicyclic) bond motifs is 8. The fraction of sp³-hybridized carbons (Fsp3) is 0.144. The van der Waals surface area contributed by atoms with Crippen LogP contribution in [0.5, 0.6) is 6.01 Å². The molecule has 146 heavy (non-hydrogen) atoms. The highest BCUT2D eigenvalue weighted by Gasteiger charge is 2.32. The summed E-state index contributed by atoms with van der Waals surface area (Å²) in [5, 5.41) is 17.1. The lowest BCUT2D eigenvalue weighted by molar-refractivity contribution is 0.380. The maximum Gasteiger partial charge on any atom is 0.316 e. The van der Waals surface area contributed by atoms with Crippen LogP contribution >= 0.6 is 0 Å². The predicted octanol–water partition coefficient (Wildman–Crippen LogP) is 21.5. The molecule has 0 unspecified atom stereocenters. The Morgan fingerprint density at radius 1 is 0.363 bits per heavy atom. The second-order valence-electron chi connectivity index (χ2n) is 36.5. The number of hydrogen-bond acceptors (Lipinski definition) is 23. The lowest BCUT2D eigenvalue weighted by atomic mass is 9.94. The fourth-order valence-electron chi connectivity index (χ4n) is 19.6. The molecular formula is C118H99N23O5. The van der Waals surface area contributed by atoms with E-state index in [9.17, 15) is 19.2 Å². The van der Waals surface area contributed by atoms with Gasteiger partial charge in [-0.3, -0.25) is 72.4 Å². The van der Waals surface area contributed by atoms with Crippen molar-refractivity contribution in [3.8, 4) is 67.6 Å². The topological polar surface area (TPSA) is 360 Å². The van der Waals surface area contributed by atoms with E-state index in [1.807, 2.05) is 301 Å². The highest BCUT2D eigenvalue weighted by atomic mass is 16.5. The Kier molecular flexibility index (Phi) is 26.2. The van der Waals surface area contributed by atoms with Crippen LogP contribution in [-0.4, -0.2) is 105 Å². The van der Waals surface area contributed by atoms with Gasteiger partial charge in [0.25, 0.3) is 22.2 Å². The Bertz CT molecular complexity index is 8840. The van der Waals surface area contributed by atoms with Gasteiger partial charge in [0, 0.05) is 190 Å². The SMILES string of the molecule is COc1ncc(-c2cccc3cc([C@H](C)Cc4nccc5cccnc45)n(-c4ccccc4)c(=O)c23)cn1.C[C@H](Cc1nccc2cccnc12)c1cc2cccc(-c3ccc(N)nc3)c2c(=O)n1-c1ccccc1.C[C@H](Nc1nc(N)nc2cccnc12)c1cc2cccc(-c3cnn(C)c3)c2c(=O)n1C1CC1.Cc1ncc(-c2cccc3cc([C@H](C)Cc4nccc5cccnc45)n(-c4ccccc4)c(=O)c23)cn1. The van der Waals surface area contributed by atoms with Gasteiger partial charge in [0.05, 0.1) is 80.0 Å². The zero-order chi connectivity index (χ0) is 100. The van der Waals surface area contributed by atoms with E-state index < -0.39 is 0 Å². The molecule has 0 aliphatic heterocycles. The van der Waals surface area contributed by atoms with E-state index in [2.05, 4.69) is 125 Å². The van der Waals surface area contributed by atoms with E-state index in [1.165, 1.54) is 7.11 Å². The molecular weight excluding hydrogens is 1820 g/mol. The Morgan fingerprint density at radius 2 is 0.747 bits per heavy atom. The number of para-hydroxylation sites is 3. The van der Waals surface area contributed by atoms with Gasteiger partial charge in [-0.2, -0.15) is 10.1 Å². The van der Waals surface area contributed by atoms with Crippen LogP contribution in [0.3, 0.4) is 0 Å². The number of nitrogens with zero attached hydrogens (tertiary/aromatic N) is 20. The average molecular weight is 1920 g/mol. The summed E-state index contributed by atoms with van der Waals surface area (Å²) in [5.74, 6) is 1.85. The second kappa shape index (κ2) is 40.8. The zero-order valence-electron chi connectivity index (χ0n) is 81.0. The Morgan fingerprint density at radius 3 is 1.15 bits per heavy atom. The van der Waals surface area contributed by atoms with Crippen molar-refractivity contribution in [1.82, 2.24) is 97.8 Å². The number of rotatable bonds is 21. The Labute approximate surface area is 837 Å². The molecule has 7 aromatic carbocycles. The van der Waals surface area contributed by atoms with Crippen LogP contribution in [0.2, 0.25) is 0 Å². The number of ether oxygens (including phenoxy) is 1. The molecule has 0 saturated heterocycles. The Balaban J connectivity index is 0.000000114. The minimum atomic E-state index is -0.209. The molecule has 0 radical (unpaired) electrons. The van der Waals surface area contributed by atoms with Crippen LogP contribution in [0.4, 0.5) is 17.6 Å². The number of hydrogen-bond donors (Lipinski definition) is 3. The molecule has 716 valence electrons. The number of nitrogens with one attached hydrogen (secondary N) is 1. The first-order valence-electron chi connectivity index (χ1n) is 48.3. The molecule has 1 aliphatic carbocycles. The molecule has 23 aromatic rings. The highest BCUT2D eigenvalue weighted by Crippen LogP contribution is 2.41.